The first-order valence-corrected chi connectivity index (χ1v) is 8.52. The van der Waals surface area contributed by atoms with Crippen molar-refractivity contribution in [1.29, 1.82) is 0 Å². The molecule has 1 saturated heterocycles. The lowest BCUT2D eigenvalue weighted by Crippen LogP contribution is -3.14. The predicted molar refractivity (Wildman–Crippen MR) is 91.5 cm³/mol. The molecule has 3 rings (SSSR count). The smallest absolute Gasteiger partial charge is 0.123 e. The molecular weight excluding hydrogens is 305 g/mol. The molecule has 2 aromatic rings. The number of aliphatic hydroxyl groups is 1. The van der Waals surface area contributed by atoms with E-state index in [0.717, 1.165) is 44.0 Å². The van der Waals surface area contributed by atoms with Gasteiger partial charge < -0.3 is 14.7 Å². The SMILES string of the molecule is C[C@](O)(c1ccc(F)cc1)[C@H](C[NH+]1CCOCC1)c1ccccc1. The number of halogens is 1. The fourth-order valence-electron chi connectivity index (χ4n) is 3.47. The van der Waals surface area contributed by atoms with Gasteiger partial charge in [-0.25, -0.2) is 4.39 Å². The van der Waals surface area contributed by atoms with Crippen LogP contribution >= 0.6 is 0 Å². The number of benzene rings is 2. The summed E-state index contributed by atoms with van der Waals surface area (Å²) < 4.78 is 18.7. The zero-order chi connectivity index (χ0) is 17.0. The Kier molecular flexibility index (Phi) is 5.29. The Bertz CT molecular complexity index is 636. The highest BCUT2D eigenvalue weighted by Gasteiger charge is 2.38. The molecule has 24 heavy (non-hydrogen) atoms. The quantitative estimate of drug-likeness (QED) is 0.876. The van der Waals surface area contributed by atoms with Gasteiger partial charge in [-0.1, -0.05) is 42.5 Å². The van der Waals surface area contributed by atoms with Gasteiger partial charge in [0.15, 0.2) is 0 Å². The number of hydrogen-bond donors (Lipinski definition) is 2. The molecule has 3 nitrogen and oxygen atoms in total. The van der Waals surface area contributed by atoms with Crippen molar-refractivity contribution >= 4 is 0 Å². The minimum Gasteiger partial charge on any atom is -0.385 e. The van der Waals surface area contributed by atoms with E-state index in [9.17, 15) is 9.50 Å². The fourth-order valence-corrected chi connectivity index (χ4v) is 3.47. The van der Waals surface area contributed by atoms with Gasteiger partial charge in [0.1, 0.15) is 18.9 Å². The first-order valence-electron chi connectivity index (χ1n) is 8.52. The molecule has 1 fully saturated rings. The normalized spacial score (nSPS) is 19.6. The third-order valence-electron chi connectivity index (χ3n) is 5.00. The third-order valence-corrected chi connectivity index (χ3v) is 5.00. The van der Waals surface area contributed by atoms with Gasteiger partial charge in [0.05, 0.1) is 31.3 Å². The molecule has 0 aromatic heterocycles. The van der Waals surface area contributed by atoms with Gasteiger partial charge in [-0.05, 0) is 30.2 Å². The van der Waals surface area contributed by atoms with Crippen LogP contribution in [-0.4, -0.2) is 38.0 Å². The van der Waals surface area contributed by atoms with E-state index in [4.69, 9.17) is 4.74 Å². The van der Waals surface area contributed by atoms with Gasteiger partial charge in [0.25, 0.3) is 0 Å². The molecule has 2 N–H and O–H groups in total. The van der Waals surface area contributed by atoms with Crippen LogP contribution in [0.2, 0.25) is 0 Å². The zero-order valence-electron chi connectivity index (χ0n) is 14.0. The van der Waals surface area contributed by atoms with Crippen LogP contribution in [0.4, 0.5) is 4.39 Å². The molecule has 0 bridgehead atoms. The van der Waals surface area contributed by atoms with Crippen molar-refractivity contribution in [2.24, 2.45) is 0 Å². The molecule has 4 heteroatoms. The average molecular weight is 330 g/mol. The average Bonchev–Trinajstić information content (AvgIpc) is 2.61. The van der Waals surface area contributed by atoms with Gasteiger partial charge >= 0.3 is 0 Å². The van der Waals surface area contributed by atoms with Crippen LogP contribution in [0, 0.1) is 5.82 Å². The summed E-state index contributed by atoms with van der Waals surface area (Å²) in [6.45, 7) is 6.06. The van der Waals surface area contributed by atoms with Crippen molar-refractivity contribution in [2.75, 3.05) is 32.8 Å². The lowest BCUT2D eigenvalue weighted by Gasteiger charge is -2.36. The zero-order valence-corrected chi connectivity index (χ0v) is 14.0. The van der Waals surface area contributed by atoms with Crippen molar-refractivity contribution in [2.45, 2.75) is 18.4 Å². The molecule has 0 radical (unpaired) electrons. The molecule has 0 unspecified atom stereocenters. The van der Waals surface area contributed by atoms with Gasteiger partial charge in [-0.3, -0.25) is 0 Å². The minimum atomic E-state index is -1.07. The number of ether oxygens (including phenoxy) is 1. The summed E-state index contributed by atoms with van der Waals surface area (Å²) in [6.07, 6.45) is 0. The van der Waals surface area contributed by atoms with Crippen LogP contribution < -0.4 is 4.90 Å². The summed E-state index contributed by atoms with van der Waals surface area (Å²) in [6, 6.07) is 16.3. The molecule has 1 aliphatic heterocycles. The summed E-state index contributed by atoms with van der Waals surface area (Å²) in [5.74, 6) is -0.359. The number of nitrogens with one attached hydrogen (secondary N) is 1. The molecule has 2 aromatic carbocycles. The van der Waals surface area contributed by atoms with E-state index < -0.39 is 5.60 Å². The summed E-state index contributed by atoms with van der Waals surface area (Å²) in [5.41, 5.74) is 0.775. The molecule has 1 heterocycles. The van der Waals surface area contributed by atoms with Crippen molar-refractivity contribution in [3.8, 4) is 0 Å². The summed E-state index contributed by atoms with van der Waals surface area (Å²) in [7, 11) is 0. The van der Waals surface area contributed by atoms with Crippen molar-refractivity contribution < 1.29 is 19.1 Å². The van der Waals surface area contributed by atoms with Crippen LogP contribution in [0.1, 0.15) is 24.0 Å². The Morgan fingerprint density at radius 1 is 1.08 bits per heavy atom. The van der Waals surface area contributed by atoms with Crippen molar-refractivity contribution in [3.05, 3.63) is 71.5 Å². The molecule has 0 amide bonds. The second-order valence-corrected chi connectivity index (χ2v) is 6.68. The summed E-state index contributed by atoms with van der Waals surface area (Å²) in [5, 5.41) is 11.4. The minimum absolute atomic E-state index is 0.0720. The largest absolute Gasteiger partial charge is 0.385 e. The van der Waals surface area contributed by atoms with E-state index in [2.05, 4.69) is 12.1 Å². The van der Waals surface area contributed by atoms with E-state index in [1.54, 1.807) is 12.1 Å². The lowest BCUT2D eigenvalue weighted by atomic mass is 9.78. The fraction of sp³-hybridized carbons (Fsp3) is 0.400. The number of morpholine rings is 1. The first kappa shape index (κ1) is 17.1. The summed E-state index contributed by atoms with van der Waals surface area (Å²) >= 11 is 0. The third kappa shape index (κ3) is 3.83. The maximum absolute atomic E-state index is 13.3. The molecule has 2 atom stereocenters. The van der Waals surface area contributed by atoms with Gasteiger partial charge in [0, 0.05) is 0 Å². The molecule has 1 aliphatic rings. The molecule has 0 spiro atoms. The predicted octanol–water partition coefficient (Wildman–Crippen LogP) is 1.73. The van der Waals surface area contributed by atoms with E-state index in [-0.39, 0.29) is 11.7 Å². The van der Waals surface area contributed by atoms with Crippen LogP contribution in [0.15, 0.2) is 54.6 Å². The highest BCUT2D eigenvalue weighted by molar-refractivity contribution is 5.30. The van der Waals surface area contributed by atoms with Crippen LogP contribution in [0.25, 0.3) is 0 Å². The van der Waals surface area contributed by atoms with Gasteiger partial charge in [-0.15, -0.1) is 0 Å². The summed E-state index contributed by atoms with van der Waals surface area (Å²) in [4.78, 5) is 1.43. The van der Waals surface area contributed by atoms with Crippen LogP contribution in [0.5, 0.6) is 0 Å². The Labute approximate surface area is 142 Å². The van der Waals surface area contributed by atoms with E-state index >= 15 is 0 Å². The second-order valence-electron chi connectivity index (χ2n) is 6.68. The Balaban J connectivity index is 1.91. The maximum atomic E-state index is 13.3. The maximum Gasteiger partial charge on any atom is 0.123 e. The van der Waals surface area contributed by atoms with Crippen LogP contribution in [0.3, 0.4) is 0 Å². The Morgan fingerprint density at radius 2 is 1.71 bits per heavy atom. The molecular formula is C20H25FNO2+. The highest BCUT2D eigenvalue weighted by atomic mass is 19.1. The van der Waals surface area contributed by atoms with E-state index in [1.807, 2.05) is 25.1 Å². The van der Waals surface area contributed by atoms with Crippen molar-refractivity contribution in [3.63, 3.8) is 0 Å². The van der Waals surface area contributed by atoms with Gasteiger partial charge in [0.2, 0.25) is 0 Å². The monoisotopic (exact) mass is 330 g/mol. The molecule has 0 saturated carbocycles. The van der Waals surface area contributed by atoms with E-state index in [1.165, 1.54) is 17.0 Å². The topological polar surface area (TPSA) is 33.9 Å². The molecule has 0 aliphatic carbocycles. The number of hydrogen-bond acceptors (Lipinski definition) is 2. The molecule has 128 valence electrons. The first-order chi connectivity index (χ1) is 11.6. The van der Waals surface area contributed by atoms with Crippen LogP contribution in [-0.2, 0) is 10.3 Å². The second kappa shape index (κ2) is 7.43. The lowest BCUT2D eigenvalue weighted by molar-refractivity contribution is -0.910. The number of quaternary nitrogens is 1. The van der Waals surface area contributed by atoms with Gasteiger partial charge in [-0.2, -0.15) is 0 Å². The highest BCUT2D eigenvalue weighted by Crippen LogP contribution is 2.36. The number of rotatable bonds is 5. The van der Waals surface area contributed by atoms with Crippen molar-refractivity contribution in [1.82, 2.24) is 0 Å². The Morgan fingerprint density at radius 3 is 2.33 bits per heavy atom. The van der Waals surface area contributed by atoms with E-state index in [0.29, 0.717) is 0 Å². The standard InChI is InChI=1S/C20H24FNO2/c1-20(23,17-7-9-18(21)10-8-17)19(16-5-3-2-4-6-16)15-22-11-13-24-14-12-22/h2-10,19,23H,11-15H2,1H3/p+1/t19-,20+/m1/s1. The Hall–Kier alpha value is -1.75.